The highest BCUT2D eigenvalue weighted by atomic mass is 32.1. The molecule has 0 spiro atoms. The number of carboxylic acids is 1. The molecule has 7 nitrogen and oxygen atoms in total. The Morgan fingerprint density at radius 3 is 2.56 bits per heavy atom. The largest absolute Gasteiger partial charge is 0.478 e. The maximum Gasteiger partial charge on any atom is 0.335 e. The Morgan fingerprint density at radius 2 is 1.85 bits per heavy atom. The van der Waals surface area contributed by atoms with E-state index in [2.05, 4.69) is 20.6 Å². The molecule has 34 heavy (non-hydrogen) atoms. The lowest BCUT2D eigenvalue weighted by Gasteiger charge is -2.19. The zero-order valence-corrected chi connectivity index (χ0v) is 19.4. The monoisotopic (exact) mass is 472 g/mol. The summed E-state index contributed by atoms with van der Waals surface area (Å²) in [6, 6.07) is 17.7. The van der Waals surface area contributed by atoms with E-state index in [9.17, 15) is 14.7 Å². The number of nitrogens with one attached hydrogen (secondary N) is 2. The highest BCUT2D eigenvalue weighted by molar-refractivity contribution is 7.07. The molecular weight excluding hydrogens is 448 g/mol. The first kappa shape index (κ1) is 23.3. The van der Waals surface area contributed by atoms with Gasteiger partial charge in [-0.05, 0) is 60.4 Å². The summed E-state index contributed by atoms with van der Waals surface area (Å²) in [5.74, 6) is -1.32. The summed E-state index contributed by atoms with van der Waals surface area (Å²) in [6.07, 6.45) is 2.15. The van der Waals surface area contributed by atoms with Crippen LogP contribution < -0.4 is 10.6 Å². The predicted octanol–water partition coefficient (Wildman–Crippen LogP) is 4.55. The second kappa shape index (κ2) is 10.8. The summed E-state index contributed by atoms with van der Waals surface area (Å²) in [5.41, 5.74) is 6.48. The van der Waals surface area contributed by atoms with Crippen molar-refractivity contribution in [1.82, 2.24) is 15.3 Å². The number of thiazole rings is 1. The van der Waals surface area contributed by atoms with Gasteiger partial charge in [0.25, 0.3) is 0 Å². The molecule has 3 N–H and O–H groups in total. The fraction of sp³-hybridized carbons (Fsp3) is 0.154. The van der Waals surface area contributed by atoms with Crippen LogP contribution in [0.3, 0.4) is 0 Å². The first-order valence-corrected chi connectivity index (χ1v) is 11.7. The Morgan fingerprint density at radius 1 is 1.03 bits per heavy atom. The first-order chi connectivity index (χ1) is 16.5. The SMILES string of the molecule is Cc1cc(-c2cc(NC(=O)C(Cc3ccccc3)NCc3cscn3)cc(C(=O)O)c2)ccn1. The van der Waals surface area contributed by atoms with E-state index in [-0.39, 0.29) is 11.5 Å². The molecule has 0 bridgehead atoms. The van der Waals surface area contributed by atoms with Gasteiger partial charge in [-0.3, -0.25) is 15.1 Å². The van der Waals surface area contributed by atoms with Crippen LogP contribution in [0.15, 0.2) is 77.8 Å². The number of nitrogens with zero attached hydrogens (tertiary/aromatic N) is 2. The zero-order valence-electron chi connectivity index (χ0n) is 18.6. The van der Waals surface area contributed by atoms with Crippen molar-refractivity contribution < 1.29 is 14.7 Å². The Balaban J connectivity index is 1.59. The molecule has 8 heteroatoms. The molecular formula is C26H24N4O3S. The minimum Gasteiger partial charge on any atom is -0.478 e. The molecule has 0 aliphatic rings. The fourth-order valence-electron chi connectivity index (χ4n) is 3.60. The molecule has 0 saturated carbocycles. The van der Waals surface area contributed by atoms with Crippen molar-refractivity contribution in [3.05, 3.63) is 100 Å². The van der Waals surface area contributed by atoms with Gasteiger partial charge in [0.2, 0.25) is 5.91 Å². The van der Waals surface area contributed by atoms with Gasteiger partial charge < -0.3 is 10.4 Å². The number of benzene rings is 2. The van der Waals surface area contributed by atoms with Crippen molar-refractivity contribution in [3.8, 4) is 11.1 Å². The number of aromatic nitrogens is 2. The van der Waals surface area contributed by atoms with Crippen molar-refractivity contribution in [2.75, 3.05) is 5.32 Å². The van der Waals surface area contributed by atoms with Crippen LogP contribution in [0.4, 0.5) is 5.69 Å². The van der Waals surface area contributed by atoms with Crippen molar-refractivity contribution in [2.24, 2.45) is 0 Å². The summed E-state index contributed by atoms with van der Waals surface area (Å²) in [7, 11) is 0. The van der Waals surface area contributed by atoms with E-state index in [4.69, 9.17) is 0 Å². The molecule has 2 heterocycles. The van der Waals surface area contributed by atoms with E-state index < -0.39 is 12.0 Å². The number of amides is 1. The average molecular weight is 473 g/mol. The smallest absolute Gasteiger partial charge is 0.335 e. The molecule has 172 valence electrons. The number of carboxylic acid groups (broad SMARTS) is 1. The van der Waals surface area contributed by atoms with Gasteiger partial charge in [0.05, 0.1) is 22.8 Å². The summed E-state index contributed by atoms with van der Waals surface area (Å²) in [4.78, 5) is 33.5. The third-order valence-corrected chi connectivity index (χ3v) is 5.92. The Bertz CT molecular complexity index is 1280. The number of aromatic carboxylic acids is 1. The van der Waals surface area contributed by atoms with E-state index in [0.29, 0.717) is 24.2 Å². The Hall–Kier alpha value is -3.88. The quantitative estimate of drug-likeness (QED) is 0.330. The van der Waals surface area contributed by atoms with Crippen LogP contribution in [0.2, 0.25) is 0 Å². The Kier molecular flexibility index (Phi) is 7.41. The van der Waals surface area contributed by atoms with Crippen LogP contribution in [-0.4, -0.2) is 33.0 Å². The number of anilines is 1. The molecule has 4 aromatic rings. The standard InChI is InChI=1S/C26H24N4O3S/c1-17-9-19(7-8-27-17)20-11-21(26(32)33)13-22(12-20)30-25(31)24(10-18-5-3-2-4-6-18)28-14-23-15-34-16-29-23/h2-9,11-13,15-16,24,28H,10,14H2,1H3,(H,30,31)(H,32,33). The van der Waals surface area contributed by atoms with Gasteiger partial charge in [0.1, 0.15) is 0 Å². The maximum absolute atomic E-state index is 13.3. The highest BCUT2D eigenvalue weighted by Gasteiger charge is 2.20. The summed E-state index contributed by atoms with van der Waals surface area (Å²) in [6.45, 7) is 2.32. The number of pyridine rings is 1. The van der Waals surface area contributed by atoms with E-state index in [1.54, 1.807) is 23.8 Å². The van der Waals surface area contributed by atoms with E-state index in [1.165, 1.54) is 17.4 Å². The van der Waals surface area contributed by atoms with Gasteiger partial charge in [-0.15, -0.1) is 11.3 Å². The molecule has 0 radical (unpaired) electrons. The molecule has 2 aromatic heterocycles. The molecule has 1 unspecified atom stereocenters. The van der Waals surface area contributed by atoms with E-state index >= 15 is 0 Å². The van der Waals surface area contributed by atoms with Crippen molar-refractivity contribution in [2.45, 2.75) is 25.9 Å². The molecule has 1 atom stereocenters. The molecule has 4 rings (SSSR count). The zero-order chi connectivity index (χ0) is 23.9. The van der Waals surface area contributed by atoms with E-state index in [1.807, 2.05) is 54.8 Å². The van der Waals surface area contributed by atoms with Gasteiger partial charge >= 0.3 is 5.97 Å². The maximum atomic E-state index is 13.3. The molecule has 0 aliphatic carbocycles. The minimum absolute atomic E-state index is 0.0947. The number of aryl methyl sites for hydroxylation is 1. The number of hydrogen-bond donors (Lipinski definition) is 3. The first-order valence-electron chi connectivity index (χ1n) is 10.7. The summed E-state index contributed by atoms with van der Waals surface area (Å²) in [5, 5.41) is 17.8. The van der Waals surface area contributed by atoms with Crippen LogP contribution >= 0.6 is 11.3 Å². The summed E-state index contributed by atoms with van der Waals surface area (Å²) < 4.78 is 0. The summed E-state index contributed by atoms with van der Waals surface area (Å²) >= 11 is 1.50. The van der Waals surface area contributed by atoms with Gasteiger partial charge in [0, 0.05) is 29.5 Å². The second-order valence-electron chi connectivity index (χ2n) is 7.88. The lowest BCUT2D eigenvalue weighted by molar-refractivity contribution is -0.118. The van der Waals surface area contributed by atoms with Gasteiger partial charge in [-0.2, -0.15) is 0 Å². The van der Waals surface area contributed by atoms with E-state index in [0.717, 1.165) is 22.5 Å². The predicted molar refractivity (Wildman–Crippen MR) is 133 cm³/mol. The molecule has 2 aromatic carbocycles. The van der Waals surface area contributed by atoms with Gasteiger partial charge in [-0.1, -0.05) is 30.3 Å². The number of rotatable bonds is 9. The second-order valence-corrected chi connectivity index (χ2v) is 8.60. The van der Waals surface area contributed by atoms with Crippen LogP contribution in [-0.2, 0) is 17.8 Å². The van der Waals surface area contributed by atoms with Crippen molar-refractivity contribution in [3.63, 3.8) is 0 Å². The van der Waals surface area contributed by atoms with Gasteiger partial charge in [-0.25, -0.2) is 9.78 Å². The molecule has 0 aliphatic heterocycles. The van der Waals surface area contributed by atoms with Gasteiger partial charge in [0.15, 0.2) is 0 Å². The number of carbonyl (C=O) groups is 2. The van der Waals surface area contributed by atoms with Crippen LogP contribution in [0, 0.1) is 6.92 Å². The average Bonchev–Trinajstić information content (AvgIpc) is 3.36. The Labute approximate surface area is 201 Å². The van der Waals surface area contributed by atoms with Crippen molar-refractivity contribution >= 4 is 28.9 Å². The number of hydrogen-bond acceptors (Lipinski definition) is 6. The normalized spacial score (nSPS) is 11.7. The fourth-order valence-corrected chi connectivity index (χ4v) is 4.16. The molecule has 0 fully saturated rings. The minimum atomic E-state index is -1.06. The molecule has 0 saturated heterocycles. The number of carbonyl (C=O) groups excluding carboxylic acids is 1. The van der Waals surface area contributed by atoms with Crippen LogP contribution in [0.25, 0.3) is 11.1 Å². The highest BCUT2D eigenvalue weighted by Crippen LogP contribution is 2.26. The van der Waals surface area contributed by atoms with Crippen LogP contribution in [0.5, 0.6) is 0 Å². The molecule has 1 amide bonds. The topological polar surface area (TPSA) is 104 Å². The lowest BCUT2D eigenvalue weighted by Crippen LogP contribution is -2.42. The lowest BCUT2D eigenvalue weighted by atomic mass is 10.0. The third-order valence-electron chi connectivity index (χ3n) is 5.29. The third kappa shape index (κ3) is 6.12. The van der Waals surface area contributed by atoms with Crippen LogP contribution in [0.1, 0.15) is 27.3 Å². The van der Waals surface area contributed by atoms with Crippen molar-refractivity contribution in [1.29, 1.82) is 0 Å².